The van der Waals surface area contributed by atoms with E-state index >= 15 is 0 Å². The highest BCUT2D eigenvalue weighted by Gasteiger charge is 2.11. The molecule has 0 saturated carbocycles. The molecule has 0 atom stereocenters. The lowest BCUT2D eigenvalue weighted by molar-refractivity contribution is -0.138. The van der Waals surface area contributed by atoms with Crippen molar-refractivity contribution in [2.24, 2.45) is 0 Å². The maximum atomic E-state index is 11.4. The summed E-state index contributed by atoms with van der Waals surface area (Å²) < 4.78 is 4.87. The highest BCUT2D eigenvalue weighted by atomic mass is 16.5. The standard InChI is InChI=1S/C14H16N2O2/c1-4-18-14(17)11(2)10-16(3)13-7-5-6-12(8-13)9-15/h5-8H,2,4,10H2,1,3H3. The van der Waals surface area contributed by atoms with Crippen molar-refractivity contribution < 1.29 is 9.53 Å². The first-order valence-electron chi connectivity index (χ1n) is 5.64. The van der Waals surface area contributed by atoms with Crippen LogP contribution in [-0.2, 0) is 9.53 Å². The third-order valence-electron chi connectivity index (χ3n) is 2.41. The highest BCUT2D eigenvalue weighted by Crippen LogP contribution is 2.15. The number of hydrogen-bond acceptors (Lipinski definition) is 4. The van der Waals surface area contributed by atoms with Gasteiger partial charge in [-0.1, -0.05) is 12.6 Å². The Bertz CT molecular complexity index is 489. The van der Waals surface area contributed by atoms with E-state index in [2.05, 4.69) is 12.6 Å². The van der Waals surface area contributed by atoms with E-state index in [4.69, 9.17) is 10.00 Å². The van der Waals surface area contributed by atoms with E-state index < -0.39 is 0 Å². The van der Waals surface area contributed by atoms with Gasteiger partial charge in [0.15, 0.2) is 0 Å². The van der Waals surface area contributed by atoms with E-state index in [0.717, 1.165) is 5.69 Å². The van der Waals surface area contributed by atoms with Crippen LogP contribution in [0.15, 0.2) is 36.4 Å². The van der Waals surface area contributed by atoms with Gasteiger partial charge >= 0.3 is 5.97 Å². The highest BCUT2D eigenvalue weighted by molar-refractivity contribution is 5.88. The van der Waals surface area contributed by atoms with Crippen LogP contribution >= 0.6 is 0 Å². The second kappa shape index (κ2) is 6.45. The molecule has 0 heterocycles. The van der Waals surface area contributed by atoms with Gasteiger partial charge in [0.05, 0.1) is 18.2 Å². The molecule has 0 fully saturated rings. The Labute approximate surface area is 107 Å². The quantitative estimate of drug-likeness (QED) is 0.588. The Balaban J connectivity index is 2.70. The third-order valence-corrected chi connectivity index (χ3v) is 2.41. The molecule has 0 N–H and O–H groups in total. The van der Waals surface area contributed by atoms with Crippen molar-refractivity contribution >= 4 is 11.7 Å². The van der Waals surface area contributed by atoms with Crippen LogP contribution in [0, 0.1) is 11.3 Å². The molecule has 94 valence electrons. The van der Waals surface area contributed by atoms with Crippen molar-refractivity contribution in [1.29, 1.82) is 5.26 Å². The molecule has 0 amide bonds. The summed E-state index contributed by atoms with van der Waals surface area (Å²) in [5.74, 6) is -0.388. The van der Waals surface area contributed by atoms with Gasteiger partial charge < -0.3 is 9.64 Å². The second-order valence-electron chi connectivity index (χ2n) is 3.84. The molecule has 1 aromatic rings. The summed E-state index contributed by atoms with van der Waals surface area (Å²) in [5, 5.41) is 8.82. The normalized spacial score (nSPS) is 9.39. The number of benzene rings is 1. The average Bonchev–Trinajstić information content (AvgIpc) is 2.39. The number of rotatable bonds is 5. The molecular formula is C14H16N2O2. The van der Waals surface area contributed by atoms with Crippen molar-refractivity contribution in [3.63, 3.8) is 0 Å². The summed E-state index contributed by atoms with van der Waals surface area (Å²) >= 11 is 0. The minimum absolute atomic E-state index is 0.339. The minimum atomic E-state index is -0.388. The SMILES string of the molecule is C=C(CN(C)c1cccc(C#N)c1)C(=O)OCC. The maximum Gasteiger partial charge on any atom is 0.335 e. The van der Waals surface area contributed by atoms with Gasteiger partial charge in [-0.25, -0.2) is 4.79 Å². The molecular weight excluding hydrogens is 228 g/mol. The summed E-state index contributed by atoms with van der Waals surface area (Å²) in [4.78, 5) is 13.3. The van der Waals surface area contributed by atoms with Gasteiger partial charge in [0.1, 0.15) is 0 Å². The summed E-state index contributed by atoms with van der Waals surface area (Å²) in [7, 11) is 1.83. The number of hydrogen-bond donors (Lipinski definition) is 0. The summed E-state index contributed by atoms with van der Waals surface area (Å²) in [6, 6.07) is 9.25. The molecule has 0 aromatic heterocycles. The van der Waals surface area contributed by atoms with Crippen molar-refractivity contribution in [2.75, 3.05) is 25.1 Å². The molecule has 1 rings (SSSR count). The zero-order chi connectivity index (χ0) is 13.5. The first-order valence-corrected chi connectivity index (χ1v) is 5.64. The lowest BCUT2D eigenvalue weighted by Gasteiger charge is -2.20. The predicted molar refractivity (Wildman–Crippen MR) is 70.2 cm³/mol. The fourth-order valence-corrected chi connectivity index (χ4v) is 1.49. The van der Waals surface area contributed by atoms with Gasteiger partial charge in [-0.3, -0.25) is 0 Å². The van der Waals surface area contributed by atoms with E-state index in [1.807, 2.05) is 18.0 Å². The zero-order valence-corrected chi connectivity index (χ0v) is 10.6. The smallest absolute Gasteiger partial charge is 0.335 e. The Morgan fingerprint density at radius 3 is 2.89 bits per heavy atom. The van der Waals surface area contributed by atoms with Gasteiger partial charge in [-0.15, -0.1) is 0 Å². The van der Waals surface area contributed by atoms with Crippen LogP contribution in [-0.4, -0.2) is 26.2 Å². The Morgan fingerprint density at radius 2 is 2.28 bits per heavy atom. The number of carbonyl (C=O) groups is 1. The molecule has 4 nitrogen and oxygen atoms in total. The molecule has 0 unspecified atom stereocenters. The molecule has 0 aliphatic carbocycles. The molecule has 0 aliphatic heterocycles. The third kappa shape index (κ3) is 3.63. The summed E-state index contributed by atoms with van der Waals surface area (Å²) in [6.45, 7) is 6.16. The lowest BCUT2D eigenvalue weighted by Crippen LogP contribution is -2.24. The number of esters is 1. The molecule has 0 spiro atoms. The summed E-state index contributed by atoms with van der Waals surface area (Å²) in [5.41, 5.74) is 1.84. The van der Waals surface area contributed by atoms with E-state index in [-0.39, 0.29) is 5.97 Å². The lowest BCUT2D eigenvalue weighted by atomic mass is 10.2. The van der Waals surface area contributed by atoms with Crippen LogP contribution in [0.1, 0.15) is 12.5 Å². The predicted octanol–water partition coefficient (Wildman–Crippen LogP) is 2.11. The number of carbonyl (C=O) groups excluding carboxylic acids is 1. The van der Waals surface area contributed by atoms with Gasteiger partial charge in [-0.2, -0.15) is 5.26 Å². The summed E-state index contributed by atoms with van der Waals surface area (Å²) in [6.07, 6.45) is 0. The molecule has 0 bridgehead atoms. The Morgan fingerprint density at radius 1 is 1.56 bits per heavy atom. The van der Waals surface area contributed by atoms with Crippen molar-refractivity contribution in [1.82, 2.24) is 0 Å². The number of likely N-dealkylation sites (N-methyl/N-ethyl adjacent to an activating group) is 1. The van der Waals surface area contributed by atoms with Crippen LogP contribution in [0.4, 0.5) is 5.69 Å². The van der Waals surface area contributed by atoms with Gasteiger partial charge in [0.2, 0.25) is 0 Å². The number of nitrogens with zero attached hydrogens (tertiary/aromatic N) is 2. The number of ether oxygens (including phenoxy) is 1. The minimum Gasteiger partial charge on any atom is -0.463 e. The molecule has 1 aromatic carbocycles. The van der Waals surface area contributed by atoms with Crippen LogP contribution in [0.2, 0.25) is 0 Å². The molecule has 4 heteroatoms. The topological polar surface area (TPSA) is 53.3 Å². The van der Waals surface area contributed by atoms with E-state index in [1.54, 1.807) is 25.1 Å². The fraction of sp³-hybridized carbons (Fsp3) is 0.286. The maximum absolute atomic E-state index is 11.4. The van der Waals surface area contributed by atoms with Crippen LogP contribution in [0.25, 0.3) is 0 Å². The number of anilines is 1. The van der Waals surface area contributed by atoms with Crippen molar-refractivity contribution in [3.8, 4) is 6.07 Å². The molecule has 18 heavy (non-hydrogen) atoms. The van der Waals surface area contributed by atoms with Gasteiger partial charge in [0.25, 0.3) is 0 Å². The van der Waals surface area contributed by atoms with E-state index in [0.29, 0.717) is 24.3 Å². The van der Waals surface area contributed by atoms with Crippen LogP contribution in [0.5, 0.6) is 0 Å². The molecule has 0 aliphatic rings. The van der Waals surface area contributed by atoms with E-state index in [9.17, 15) is 4.79 Å². The van der Waals surface area contributed by atoms with Gasteiger partial charge in [0, 0.05) is 24.9 Å². The largest absolute Gasteiger partial charge is 0.463 e. The molecule has 0 saturated heterocycles. The second-order valence-corrected chi connectivity index (χ2v) is 3.84. The van der Waals surface area contributed by atoms with Gasteiger partial charge in [-0.05, 0) is 25.1 Å². The first-order chi connectivity index (χ1) is 8.58. The zero-order valence-electron chi connectivity index (χ0n) is 10.6. The van der Waals surface area contributed by atoms with Crippen molar-refractivity contribution in [3.05, 3.63) is 42.0 Å². The number of nitriles is 1. The van der Waals surface area contributed by atoms with E-state index in [1.165, 1.54) is 0 Å². The molecule has 0 radical (unpaired) electrons. The fourth-order valence-electron chi connectivity index (χ4n) is 1.49. The van der Waals surface area contributed by atoms with Crippen LogP contribution < -0.4 is 4.90 Å². The Kier molecular flexibility index (Phi) is 4.94. The first kappa shape index (κ1) is 13.8. The monoisotopic (exact) mass is 244 g/mol. The van der Waals surface area contributed by atoms with Crippen LogP contribution in [0.3, 0.4) is 0 Å². The van der Waals surface area contributed by atoms with Crippen molar-refractivity contribution in [2.45, 2.75) is 6.92 Å². The average molecular weight is 244 g/mol. The Hall–Kier alpha value is -2.28.